The Morgan fingerprint density at radius 3 is 2.71 bits per heavy atom. The Morgan fingerprint density at radius 2 is 2.00 bits per heavy atom. The fourth-order valence-electron chi connectivity index (χ4n) is 10.0. The van der Waals surface area contributed by atoms with Crippen LogP contribution in [0.15, 0.2) is 84.0 Å². The Balaban J connectivity index is 1.23. The number of carbonyl (C=O) groups is 2. The van der Waals surface area contributed by atoms with Gasteiger partial charge < -0.3 is 25.0 Å². The number of esters is 1. The van der Waals surface area contributed by atoms with Crippen LogP contribution in [-0.2, 0) is 19.1 Å². The maximum atomic E-state index is 13.8. The third-order valence-electron chi connectivity index (χ3n) is 13.0. The van der Waals surface area contributed by atoms with Crippen LogP contribution in [0.2, 0.25) is 0 Å². The highest BCUT2D eigenvalue weighted by Crippen LogP contribution is 2.62. The number of morpholine rings is 1. The average molecular weight is 700 g/mol. The first kappa shape index (κ1) is 35.8. The average Bonchev–Trinajstić information content (AvgIpc) is 3.62. The Hall–Kier alpha value is -3.61. The van der Waals surface area contributed by atoms with Gasteiger partial charge in [-0.25, -0.2) is 9.78 Å². The standard InChI is InChI=1S/C40H53N5O6/c1-6-31-37(48)45-23-26(10-11-36(45)43(31)5)19-27-20-28(38(49)51-27)30(42-35-9-7-8-14-41-35)21-29-25(2)32(44-15-17-50-18-16-44)22-33-39(29,3)13-12-34(47)40(33,4)24-46/h7-11,14,19-20,23,29-34,36,46-47H,2,6,12-13,15-18,21-22,24H2,1,3-5H3,(H,41,42)/t29?,30?,31?,32?,33?,34-,36?,39-,40+/m1/s1. The molecule has 0 spiro atoms. The van der Waals surface area contributed by atoms with Crippen molar-refractivity contribution in [3.8, 4) is 0 Å². The minimum atomic E-state index is -0.676. The molecule has 2 aliphatic carbocycles. The van der Waals surface area contributed by atoms with Gasteiger partial charge in [0.2, 0.25) is 5.91 Å². The lowest BCUT2D eigenvalue weighted by Gasteiger charge is -2.62. The largest absolute Gasteiger partial charge is 0.423 e. The summed E-state index contributed by atoms with van der Waals surface area (Å²) in [5, 5.41) is 25.7. The second-order valence-corrected chi connectivity index (χ2v) is 15.7. The molecule has 5 heterocycles. The summed E-state index contributed by atoms with van der Waals surface area (Å²) in [7, 11) is 1.97. The molecule has 0 bridgehead atoms. The van der Waals surface area contributed by atoms with Crippen LogP contribution in [0.3, 0.4) is 0 Å². The number of pyridine rings is 1. The lowest BCUT2D eigenvalue weighted by molar-refractivity contribution is -0.163. The maximum absolute atomic E-state index is 13.8. The second kappa shape index (κ2) is 14.1. The number of fused-ring (bicyclic) bond motifs is 2. The van der Waals surface area contributed by atoms with Crippen LogP contribution in [-0.4, -0.2) is 112 Å². The van der Waals surface area contributed by atoms with E-state index in [0.29, 0.717) is 43.2 Å². The molecule has 2 saturated carbocycles. The van der Waals surface area contributed by atoms with Crippen molar-refractivity contribution < 1.29 is 29.3 Å². The third kappa shape index (κ3) is 6.31. The van der Waals surface area contributed by atoms with Crippen molar-refractivity contribution in [1.82, 2.24) is 19.7 Å². The monoisotopic (exact) mass is 699 g/mol. The molecule has 0 aromatic carbocycles. The number of nitrogens with zero attached hydrogens (tertiary/aromatic N) is 4. The first-order chi connectivity index (χ1) is 24.5. The lowest BCUT2D eigenvalue weighted by Crippen LogP contribution is -2.62. The summed E-state index contributed by atoms with van der Waals surface area (Å²) >= 11 is 0. The molecule has 4 fully saturated rings. The number of aliphatic hydroxyl groups excluding tert-OH is 2. The van der Waals surface area contributed by atoms with E-state index >= 15 is 0 Å². The topological polar surface area (TPSA) is 128 Å². The van der Waals surface area contributed by atoms with Crippen LogP contribution >= 0.6 is 0 Å². The summed E-state index contributed by atoms with van der Waals surface area (Å²) < 4.78 is 11.6. The SMILES string of the molecule is C=C1C(N2CCOCC2)CC2[C@](C)(CC[C@@H](O)[C@@]2(C)CO)C1CC(Nc1ccccn1)C1=CC(=CC2=CN3C(=O)C(CC)N(C)C3C=C2)OC1=O. The molecule has 1 aromatic rings. The number of amides is 1. The van der Waals surface area contributed by atoms with Gasteiger partial charge in [0.1, 0.15) is 17.7 Å². The Morgan fingerprint density at radius 1 is 1.22 bits per heavy atom. The number of nitrogens with one attached hydrogen (secondary N) is 1. The van der Waals surface area contributed by atoms with Gasteiger partial charge in [0.25, 0.3) is 0 Å². The Bertz CT molecular complexity index is 1650. The summed E-state index contributed by atoms with van der Waals surface area (Å²) in [6.07, 6.45) is 13.9. The normalized spacial score (nSPS) is 37.2. The zero-order valence-electron chi connectivity index (χ0n) is 30.3. The minimum absolute atomic E-state index is 0.0195. The summed E-state index contributed by atoms with van der Waals surface area (Å²) in [5.74, 6) is 0.666. The van der Waals surface area contributed by atoms with Gasteiger partial charge in [-0.3, -0.25) is 19.5 Å². The molecule has 7 rings (SSSR count). The number of allylic oxidation sites excluding steroid dienone is 4. The lowest BCUT2D eigenvalue weighted by atomic mass is 9.45. The van der Waals surface area contributed by atoms with Gasteiger partial charge >= 0.3 is 5.97 Å². The van der Waals surface area contributed by atoms with Gasteiger partial charge in [-0.15, -0.1) is 0 Å². The van der Waals surface area contributed by atoms with Crippen molar-refractivity contribution in [2.45, 2.75) is 83.3 Å². The molecule has 1 aromatic heterocycles. The van der Waals surface area contributed by atoms with Crippen molar-refractivity contribution in [2.24, 2.45) is 22.7 Å². The Labute approximate surface area is 301 Å². The molecule has 274 valence electrons. The molecule has 1 amide bonds. The van der Waals surface area contributed by atoms with E-state index in [2.05, 4.69) is 27.0 Å². The highest BCUT2D eigenvalue weighted by Gasteiger charge is 2.60. The van der Waals surface area contributed by atoms with E-state index in [1.165, 1.54) is 0 Å². The van der Waals surface area contributed by atoms with Crippen LogP contribution in [0.1, 0.15) is 52.9 Å². The number of hydrogen-bond donors (Lipinski definition) is 3. The van der Waals surface area contributed by atoms with Crippen molar-refractivity contribution in [3.63, 3.8) is 0 Å². The predicted octanol–water partition coefficient (Wildman–Crippen LogP) is 4.00. The van der Waals surface area contributed by atoms with Gasteiger partial charge in [0.15, 0.2) is 0 Å². The van der Waals surface area contributed by atoms with E-state index in [9.17, 15) is 19.8 Å². The number of anilines is 1. The molecule has 11 nitrogen and oxygen atoms in total. The molecular formula is C40H53N5O6. The number of ether oxygens (including phenoxy) is 2. The van der Waals surface area contributed by atoms with Gasteiger partial charge in [0, 0.05) is 36.9 Å². The number of carbonyl (C=O) groups excluding carboxylic acids is 2. The first-order valence-corrected chi connectivity index (χ1v) is 18.5. The van der Waals surface area contributed by atoms with Crippen LogP contribution in [0.4, 0.5) is 5.82 Å². The number of aliphatic hydroxyl groups is 2. The van der Waals surface area contributed by atoms with Crippen LogP contribution < -0.4 is 5.32 Å². The third-order valence-corrected chi connectivity index (χ3v) is 13.0. The summed E-state index contributed by atoms with van der Waals surface area (Å²) in [4.78, 5) is 37.7. The van der Waals surface area contributed by atoms with Gasteiger partial charge in [-0.1, -0.05) is 45.1 Å². The zero-order valence-corrected chi connectivity index (χ0v) is 30.3. The Kier molecular flexibility index (Phi) is 9.88. The summed E-state index contributed by atoms with van der Waals surface area (Å²) in [6.45, 7) is 13.9. The molecule has 2 saturated heterocycles. The molecule has 11 heteroatoms. The number of cyclic esters (lactones) is 1. The number of likely N-dealkylation sites (N-methyl/N-ethyl adjacent to an activating group) is 1. The minimum Gasteiger partial charge on any atom is -0.423 e. The van der Waals surface area contributed by atoms with Crippen LogP contribution in [0.5, 0.6) is 0 Å². The highest BCUT2D eigenvalue weighted by molar-refractivity contribution is 5.95. The number of rotatable bonds is 9. The van der Waals surface area contributed by atoms with Gasteiger partial charge in [-0.2, -0.15) is 0 Å². The molecular weight excluding hydrogens is 646 g/mol. The fourth-order valence-corrected chi connectivity index (χ4v) is 10.0. The van der Waals surface area contributed by atoms with E-state index in [-0.39, 0.29) is 48.0 Å². The van der Waals surface area contributed by atoms with Crippen LogP contribution in [0, 0.1) is 22.7 Å². The van der Waals surface area contributed by atoms with Crippen molar-refractivity contribution >= 4 is 17.7 Å². The van der Waals surface area contributed by atoms with Gasteiger partial charge in [0.05, 0.1) is 43.6 Å². The second-order valence-electron chi connectivity index (χ2n) is 15.7. The fraction of sp³-hybridized carbons (Fsp3) is 0.575. The molecule has 4 aliphatic heterocycles. The maximum Gasteiger partial charge on any atom is 0.341 e. The molecule has 9 atom stereocenters. The predicted molar refractivity (Wildman–Crippen MR) is 194 cm³/mol. The first-order valence-electron chi connectivity index (χ1n) is 18.5. The molecule has 0 radical (unpaired) electrons. The quantitative estimate of drug-likeness (QED) is 0.257. The van der Waals surface area contributed by atoms with E-state index in [0.717, 1.165) is 43.5 Å². The van der Waals surface area contributed by atoms with Crippen molar-refractivity contribution in [3.05, 3.63) is 84.0 Å². The van der Waals surface area contributed by atoms with E-state index in [1.807, 2.05) is 69.6 Å². The van der Waals surface area contributed by atoms with Crippen molar-refractivity contribution in [1.29, 1.82) is 0 Å². The van der Waals surface area contributed by atoms with E-state index < -0.39 is 23.5 Å². The molecule has 3 N–H and O–H groups in total. The van der Waals surface area contributed by atoms with Gasteiger partial charge in [-0.05, 0) is 92.3 Å². The smallest absolute Gasteiger partial charge is 0.341 e. The molecule has 6 aliphatic rings. The van der Waals surface area contributed by atoms with E-state index in [4.69, 9.17) is 16.1 Å². The van der Waals surface area contributed by atoms with Crippen molar-refractivity contribution in [2.75, 3.05) is 45.3 Å². The molecule has 6 unspecified atom stereocenters. The number of hydrogen-bond acceptors (Lipinski definition) is 10. The number of aromatic nitrogens is 1. The highest BCUT2D eigenvalue weighted by atomic mass is 16.5. The zero-order chi connectivity index (χ0) is 36.1. The van der Waals surface area contributed by atoms with Crippen LogP contribution in [0.25, 0.3) is 0 Å². The van der Waals surface area contributed by atoms with E-state index in [1.54, 1.807) is 11.1 Å². The summed E-state index contributed by atoms with van der Waals surface area (Å²) in [6, 6.07) is 5.08. The molecule has 51 heavy (non-hydrogen) atoms. The summed E-state index contributed by atoms with van der Waals surface area (Å²) in [5.41, 5.74) is 1.43.